The third-order valence-electron chi connectivity index (χ3n) is 10.3. The van der Waals surface area contributed by atoms with Crippen molar-refractivity contribution in [1.82, 2.24) is 5.32 Å². The maximum Gasteiger partial charge on any atom is 0.409 e. The van der Waals surface area contributed by atoms with Crippen molar-refractivity contribution in [3.8, 4) is 5.75 Å². The Bertz CT molecular complexity index is 1520. The minimum absolute atomic E-state index is 0.00690. The predicted octanol–water partition coefficient (Wildman–Crippen LogP) is 5.47. The monoisotopic (exact) mass is 768 g/mol. The van der Waals surface area contributed by atoms with Crippen LogP contribution < -0.4 is 15.0 Å². The van der Waals surface area contributed by atoms with Crippen molar-refractivity contribution in [2.24, 2.45) is 11.8 Å². The molecule has 15 heteroatoms. The molecule has 9 atom stereocenters. The fourth-order valence-electron chi connectivity index (χ4n) is 7.11. The zero-order valence-corrected chi connectivity index (χ0v) is 32.5. The van der Waals surface area contributed by atoms with Crippen LogP contribution in [-0.2, 0) is 39.7 Å². The first-order chi connectivity index (χ1) is 24.2. The van der Waals surface area contributed by atoms with Gasteiger partial charge in [0, 0.05) is 32.2 Å². The number of aliphatic hydroxyl groups is 1. The second kappa shape index (κ2) is 16.7. The molecule has 0 aromatic heterocycles. The van der Waals surface area contributed by atoms with E-state index in [1.54, 1.807) is 47.7 Å². The summed E-state index contributed by atoms with van der Waals surface area (Å²) in [6.07, 6.45) is 4.92. The van der Waals surface area contributed by atoms with Crippen molar-refractivity contribution in [1.29, 1.82) is 0 Å². The van der Waals surface area contributed by atoms with Crippen molar-refractivity contribution in [2.45, 2.75) is 94.7 Å². The van der Waals surface area contributed by atoms with Gasteiger partial charge in [0.05, 0.1) is 44.0 Å². The van der Waals surface area contributed by atoms with Crippen LogP contribution in [0.15, 0.2) is 35.9 Å². The van der Waals surface area contributed by atoms with Gasteiger partial charge in [-0.05, 0) is 57.1 Å². The Kier molecular flexibility index (Phi) is 13.0. The van der Waals surface area contributed by atoms with Gasteiger partial charge in [0.25, 0.3) is 0 Å². The zero-order valence-electron chi connectivity index (χ0n) is 30.1. The van der Waals surface area contributed by atoms with Gasteiger partial charge < -0.3 is 38.4 Å². The van der Waals surface area contributed by atoms with Gasteiger partial charge in [0.2, 0.25) is 5.91 Å². The van der Waals surface area contributed by atoms with Crippen LogP contribution in [-0.4, -0.2) is 105 Å². The molecule has 0 spiro atoms. The van der Waals surface area contributed by atoms with Gasteiger partial charge in [-0.2, -0.15) is 0 Å². The minimum atomic E-state index is -1.79. The average Bonchev–Trinajstić information content (AvgIpc) is 3.80. The van der Waals surface area contributed by atoms with E-state index in [2.05, 4.69) is 5.32 Å². The number of nitrogens with one attached hydrogen (secondary N) is 1. The molecule has 4 heterocycles. The molecule has 4 bridgehead atoms. The van der Waals surface area contributed by atoms with Crippen LogP contribution in [0.5, 0.6) is 5.75 Å². The number of anilines is 1. The molecule has 12 nitrogen and oxygen atoms in total. The van der Waals surface area contributed by atoms with Crippen LogP contribution in [0.4, 0.5) is 10.5 Å². The van der Waals surface area contributed by atoms with E-state index in [0.717, 1.165) is 23.3 Å². The van der Waals surface area contributed by atoms with Crippen LogP contribution >= 0.6 is 33.2 Å². The second-order valence-corrected chi connectivity index (χ2v) is 16.9. The highest BCUT2D eigenvalue weighted by atomic mass is 35.5. The van der Waals surface area contributed by atoms with Crippen molar-refractivity contribution in [3.05, 3.63) is 46.5 Å². The molecule has 0 unspecified atom stereocenters. The normalized spacial score (nSPS) is 36.1. The minimum Gasteiger partial charge on any atom is -0.495 e. The lowest BCUT2D eigenvalue weighted by Crippen LogP contribution is -2.63. The molecule has 3 fully saturated rings. The highest BCUT2D eigenvalue weighted by molar-refractivity contribution is 8.76. The summed E-state index contributed by atoms with van der Waals surface area (Å²) in [5.74, 6) is -0.534. The number of halogens is 1. The summed E-state index contributed by atoms with van der Waals surface area (Å²) in [6.45, 7) is 5.80. The maximum atomic E-state index is 14.1. The Balaban J connectivity index is 1.49. The first-order valence-electron chi connectivity index (χ1n) is 17.1. The molecule has 4 aliphatic heterocycles. The SMILES string of the molecule is COc1cc2cc(c1Cl)N(C)C(=O)C[C@H](OC(=O)[C@@H]1CC[C@@H](CSSC)OC1)[C@]1(C)O[C@@H]1[C@H](C)[C@@H]1C[C@@](O)(NC(=O)O1)[C@@H](OC)/C=C/C=C(\C)C2. The number of benzene rings is 1. The zero-order chi connectivity index (χ0) is 37.1. The summed E-state index contributed by atoms with van der Waals surface area (Å²) in [5.41, 5.74) is -0.658. The third kappa shape index (κ3) is 9.02. The Hall–Kier alpha value is -2.46. The van der Waals surface area contributed by atoms with Gasteiger partial charge in [-0.15, -0.1) is 0 Å². The largest absolute Gasteiger partial charge is 0.495 e. The Morgan fingerprint density at radius 1 is 1.24 bits per heavy atom. The van der Waals surface area contributed by atoms with Crippen molar-refractivity contribution < 1.29 is 47.9 Å². The van der Waals surface area contributed by atoms with Gasteiger partial charge in [-0.1, -0.05) is 63.9 Å². The summed E-state index contributed by atoms with van der Waals surface area (Å²) in [6, 6.07) is 3.65. The summed E-state index contributed by atoms with van der Waals surface area (Å²) < 4.78 is 35.4. The number of hydrogen-bond acceptors (Lipinski definition) is 12. The summed E-state index contributed by atoms with van der Waals surface area (Å²) in [5, 5.41) is 14.5. The van der Waals surface area contributed by atoms with Crippen LogP contribution in [0.3, 0.4) is 0 Å². The molecule has 282 valence electrons. The number of rotatable bonds is 7. The number of carbonyl (C=O) groups excluding carboxylic acids is 3. The van der Waals surface area contributed by atoms with Crippen LogP contribution in [0.2, 0.25) is 5.02 Å². The molecule has 2 N–H and O–H groups in total. The molecule has 0 aliphatic carbocycles. The Morgan fingerprint density at radius 2 is 2.00 bits per heavy atom. The molecular weight excluding hydrogens is 720 g/mol. The van der Waals surface area contributed by atoms with Crippen LogP contribution in [0, 0.1) is 11.8 Å². The fourth-order valence-corrected chi connectivity index (χ4v) is 8.84. The second-order valence-electron chi connectivity index (χ2n) is 13.9. The summed E-state index contributed by atoms with van der Waals surface area (Å²) in [4.78, 5) is 42.1. The van der Waals surface area contributed by atoms with Crippen molar-refractivity contribution >= 4 is 56.8 Å². The van der Waals surface area contributed by atoms with E-state index < -0.39 is 59.6 Å². The Morgan fingerprint density at radius 3 is 2.67 bits per heavy atom. The first kappa shape index (κ1) is 39.7. The maximum absolute atomic E-state index is 14.1. The fraction of sp³-hybridized carbons (Fsp3) is 0.639. The van der Waals surface area contributed by atoms with Gasteiger partial charge in [-0.3, -0.25) is 14.9 Å². The van der Waals surface area contributed by atoms with E-state index in [9.17, 15) is 19.5 Å². The van der Waals surface area contributed by atoms with Crippen molar-refractivity contribution in [2.75, 3.05) is 44.8 Å². The highest BCUT2D eigenvalue weighted by Crippen LogP contribution is 2.49. The lowest BCUT2D eigenvalue weighted by Gasteiger charge is -2.42. The standard InChI is InChI=1S/C36H49ClN2O10S2/c1-20-9-8-10-28(45-6)36(43)17-27(47-34(42)38-36)21(2)32-35(3,49-32)29(48-33(41)23-11-12-24(46-18-23)19-51-50-7)16-30(40)39(4)25-14-22(13-20)15-26(44-5)31(25)37/h8-10,14-15,21,23-24,27-29,32,43H,11-13,16-19H2,1-7H3,(H,38,42)/b10-8+,20-9+/t21-,23-,24+,27+,28+,29+,32-,35+,36+/m1/s1. The number of methoxy groups -OCH3 is 2. The average molecular weight is 769 g/mol. The van der Waals surface area contributed by atoms with Gasteiger partial charge >= 0.3 is 12.1 Å². The number of amides is 2. The number of hydrogen-bond donors (Lipinski definition) is 2. The molecule has 0 saturated carbocycles. The number of allylic oxidation sites excluding steroid dienone is 3. The topological polar surface area (TPSA) is 145 Å². The molecule has 5 rings (SSSR count). The van der Waals surface area contributed by atoms with E-state index in [1.807, 2.05) is 38.3 Å². The summed E-state index contributed by atoms with van der Waals surface area (Å²) >= 11 is 6.77. The summed E-state index contributed by atoms with van der Waals surface area (Å²) in [7, 11) is 7.98. The molecule has 1 aromatic rings. The van der Waals surface area contributed by atoms with E-state index in [4.69, 9.17) is 40.0 Å². The lowest BCUT2D eigenvalue weighted by atomic mass is 9.83. The Labute approximate surface area is 312 Å². The van der Waals surface area contributed by atoms with Gasteiger partial charge in [0.15, 0.2) is 5.72 Å². The number of esters is 1. The van der Waals surface area contributed by atoms with Gasteiger partial charge in [-0.25, -0.2) is 4.79 Å². The van der Waals surface area contributed by atoms with E-state index in [-0.39, 0.29) is 36.5 Å². The van der Waals surface area contributed by atoms with Crippen molar-refractivity contribution in [3.63, 3.8) is 0 Å². The number of epoxide rings is 1. The third-order valence-corrected chi connectivity index (χ3v) is 12.5. The van der Waals surface area contributed by atoms with E-state index in [0.29, 0.717) is 24.3 Å². The molecular formula is C36H49ClN2O10S2. The van der Waals surface area contributed by atoms with E-state index >= 15 is 0 Å². The highest BCUT2D eigenvalue weighted by Gasteiger charge is 2.64. The number of nitrogens with zero attached hydrogens (tertiary/aromatic N) is 1. The molecule has 1 aromatic carbocycles. The molecule has 4 aliphatic rings. The number of ether oxygens (including phenoxy) is 6. The first-order valence-corrected chi connectivity index (χ1v) is 20.2. The predicted molar refractivity (Wildman–Crippen MR) is 197 cm³/mol. The smallest absolute Gasteiger partial charge is 0.409 e. The molecule has 2 amide bonds. The molecule has 3 saturated heterocycles. The number of carbonyl (C=O) groups is 3. The van der Waals surface area contributed by atoms with Crippen LogP contribution in [0.25, 0.3) is 0 Å². The lowest BCUT2D eigenvalue weighted by molar-refractivity contribution is -0.164. The quantitative estimate of drug-likeness (QED) is 0.206. The molecule has 51 heavy (non-hydrogen) atoms. The van der Waals surface area contributed by atoms with E-state index in [1.165, 1.54) is 19.1 Å². The number of fused-ring (bicyclic) bond motifs is 5. The number of alkyl carbamates (subject to hydrolysis) is 1. The van der Waals surface area contributed by atoms with Gasteiger partial charge in [0.1, 0.15) is 34.7 Å². The van der Waals surface area contributed by atoms with Crippen LogP contribution in [0.1, 0.15) is 52.0 Å². The molecule has 0 radical (unpaired) electrons.